The lowest BCUT2D eigenvalue weighted by molar-refractivity contribution is 0.309. The van der Waals surface area contributed by atoms with Crippen molar-refractivity contribution in [3.8, 4) is 0 Å². The van der Waals surface area contributed by atoms with Crippen molar-refractivity contribution in [3.05, 3.63) is 0 Å². The molecule has 0 aromatic heterocycles. The zero-order valence-corrected chi connectivity index (χ0v) is 5.31. The van der Waals surface area contributed by atoms with Gasteiger partial charge in [-0.3, -0.25) is 0 Å². The highest BCUT2D eigenvalue weighted by molar-refractivity contribution is 7.26. The summed E-state index contributed by atoms with van der Waals surface area (Å²) in [5.41, 5.74) is 5.09. The molecule has 0 radical (unpaired) electrons. The summed E-state index contributed by atoms with van der Waals surface area (Å²) in [6, 6.07) is 0. The third kappa shape index (κ3) is 6.31. The van der Waals surface area contributed by atoms with Crippen LogP contribution in [-0.4, -0.2) is 20.3 Å². The third-order valence-corrected chi connectivity index (χ3v) is 0.851. The van der Waals surface area contributed by atoms with Gasteiger partial charge in [0.2, 0.25) is 0 Å². The van der Waals surface area contributed by atoms with E-state index in [1.54, 1.807) is 7.11 Å². The molecule has 0 aliphatic heterocycles. The molecule has 1 unspecified atom stereocenters. The van der Waals surface area contributed by atoms with Crippen LogP contribution in [-0.2, 0) is 9.05 Å². The lowest BCUT2D eigenvalue weighted by atomic mass is 10.8. The minimum Gasteiger partial charge on any atom is -0.340 e. The van der Waals surface area contributed by atoms with Gasteiger partial charge in [0.25, 0.3) is 0 Å². The fourth-order valence-electron chi connectivity index (χ4n) is 0.160. The molecule has 0 fully saturated rings. The smallest absolute Gasteiger partial charge is 0.154 e. The second kappa shape index (κ2) is 6.31. The molecule has 0 heterocycles. The molecule has 0 bridgehead atoms. The van der Waals surface area contributed by atoms with Crippen molar-refractivity contribution in [1.29, 1.82) is 0 Å². The molecule has 4 heteroatoms. The van der Waals surface area contributed by atoms with Crippen LogP contribution in [0.2, 0.25) is 0 Å². The van der Waals surface area contributed by atoms with Crippen molar-refractivity contribution in [2.75, 3.05) is 20.3 Å². The van der Waals surface area contributed by atoms with Crippen LogP contribution in [0.4, 0.5) is 0 Å². The summed E-state index contributed by atoms with van der Waals surface area (Å²) in [6.07, 6.45) is 0. The first kappa shape index (κ1) is 7.31. The van der Waals surface area contributed by atoms with Crippen LogP contribution in [0, 0.1) is 0 Å². The molecule has 7 heavy (non-hydrogen) atoms. The third-order valence-electron chi connectivity index (χ3n) is 0.362. The quantitative estimate of drug-likeness (QED) is 0.426. The van der Waals surface area contributed by atoms with Gasteiger partial charge in [0.05, 0.1) is 6.61 Å². The Morgan fingerprint density at radius 3 is 2.86 bits per heavy atom. The average molecular weight is 123 g/mol. The number of hydrogen-bond donors (Lipinski definition) is 1. The van der Waals surface area contributed by atoms with Gasteiger partial charge in [-0.15, -0.1) is 0 Å². The molecule has 0 amide bonds. The summed E-state index contributed by atoms with van der Waals surface area (Å²) in [6.45, 7) is 1.16. The lowest BCUT2D eigenvalue weighted by Gasteiger charge is -1.95. The van der Waals surface area contributed by atoms with Crippen molar-refractivity contribution >= 4 is 9.03 Å². The number of nitrogens with two attached hydrogens (primary N) is 1. The van der Waals surface area contributed by atoms with E-state index in [4.69, 9.17) is 10.3 Å². The van der Waals surface area contributed by atoms with Crippen LogP contribution in [0.5, 0.6) is 0 Å². The van der Waals surface area contributed by atoms with Crippen LogP contribution >= 0.6 is 9.03 Å². The van der Waals surface area contributed by atoms with E-state index in [0.29, 0.717) is 13.2 Å². The van der Waals surface area contributed by atoms with Gasteiger partial charge in [-0.05, 0) is 0 Å². The molecule has 44 valence electrons. The second-order valence-corrected chi connectivity index (χ2v) is 1.79. The van der Waals surface area contributed by atoms with E-state index in [1.165, 1.54) is 0 Å². The summed E-state index contributed by atoms with van der Waals surface area (Å²) in [5, 5.41) is 0. The summed E-state index contributed by atoms with van der Waals surface area (Å²) < 4.78 is 9.41. The Kier molecular flexibility index (Phi) is 6.59. The van der Waals surface area contributed by atoms with Gasteiger partial charge in [-0.2, -0.15) is 0 Å². The van der Waals surface area contributed by atoms with Gasteiger partial charge in [0.15, 0.2) is 9.03 Å². The predicted molar refractivity (Wildman–Crippen MR) is 30.3 cm³/mol. The maximum Gasteiger partial charge on any atom is 0.154 e. The Balaban J connectivity index is 2.45. The van der Waals surface area contributed by atoms with E-state index < -0.39 is 0 Å². The van der Waals surface area contributed by atoms with Gasteiger partial charge in [-0.25, -0.2) is 0 Å². The van der Waals surface area contributed by atoms with Crippen LogP contribution in [0.25, 0.3) is 0 Å². The monoisotopic (exact) mass is 123 g/mol. The molecule has 2 N–H and O–H groups in total. The highest BCUT2D eigenvalue weighted by Gasteiger charge is 1.78. The molecule has 0 saturated carbocycles. The summed E-state index contributed by atoms with van der Waals surface area (Å²) in [4.78, 5) is 0. The molecule has 0 aliphatic carbocycles. The molecule has 0 saturated heterocycles. The standard InChI is InChI=1S/C3H10NO2P/c1-5-7-6-3-2-4/h7H,2-4H2,1H3. The first-order valence-corrected chi connectivity index (χ1v) is 2.83. The molecular formula is C3H10NO2P. The zero-order chi connectivity index (χ0) is 5.54. The molecule has 3 nitrogen and oxygen atoms in total. The number of rotatable bonds is 4. The minimum absolute atomic E-state index is 0.142. The van der Waals surface area contributed by atoms with Crippen LogP contribution in [0.3, 0.4) is 0 Å². The molecular weight excluding hydrogens is 113 g/mol. The largest absolute Gasteiger partial charge is 0.340 e. The molecule has 0 spiro atoms. The van der Waals surface area contributed by atoms with Gasteiger partial charge < -0.3 is 14.8 Å². The Morgan fingerprint density at radius 1 is 1.71 bits per heavy atom. The Morgan fingerprint density at radius 2 is 2.43 bits per heavy atom. The van der Waals surface area contributed by atoms with Crippen molar-refractivity contribution in [3.63, 3.8) is 0 Å². The van der Waals surface area contributed by atoms with E-state index in [9.17, 15) is 0 Å². The molecule has 0 aromatic rings. The van der Waals surface area contributed by atoms with Gasteiger partial charge in [0, 0.05) is 13.7 Å². The minimum atomic E-state index is 0.142. The summed E-state index contributed by atoms with van der Waals surface area (Å²) in [5.74, 6) is 0. The van der Waals surface area contributed by atoms with Crippen molar-refractivity contribution in [2.24, 2.45) is 5.73 Å². The lowest BCUT2D eigenvalue weighted by Crippen LogP contribution is -2.04. The molecule has 0 aliphatic rings. The Bertz CT molecular complexity index is 32.1. The van der Waals surface area contributed by atoms with Gasteiger partial charge in [0.1, 0.15) is 0 Å². The van der Waals surface area contributed by atoms with E-state index in [0.717, 1.165) is 0 Å². The fraction of sp³-hybridized carbons (Fsp3) is 1.00. The van der Waals surface area contributed by atoms with Gasteiger partial charge in [-0.1, -0.05) is 0 Å². The van der Waals surface area contributed by atoms with E-state index >= 15 is 0 Å². The summed E-state index contributed by atoms with van der Waals surface area (Å²) >= 11 is 0. The second-order valence-electron chi connectivity index (χ2n) is 0.925. The maximum absolute atomic E-state index is 5.09. The van der Waals surface area contributed by atoms with E-state index in [2.05, 4.69) is 4.52 Å². The molecule has 1 atom stereocenters. The van der Waals surface area contributed by atoms with Crippen molar-refractivity contribution in [2.45, 2.75) is 0 Å². The highest BCUT2D eigenvalue weighted by Crippen LogP contribution is 2.08. The van der Waals surface area contributed by atoms with Crippen LogP contribution < -0.4 is 5.73 Å². The maximum atomic E-state index is 5.09. The topological polar surface area (TPSA) is 44.5 Å². The van der Waals surface area contributed by atoms with Crippen LogP contribution in [0.15, 0.2) is 0 Å². The molecule has 0 aromatic carbocycles. The van der Waals surface area contributed by atoms with Gasteiger partial charge >= 0.3 is 0 Å². The van der Waals surface area contributed by atoms with Crippen molar-refractivity contribution in [1.82, 2.24) is 0 Å². The van der Waals surface area contributed by atoms with Crippen LogP contribution in [0.1, 0.15) is 0 Å². The average Bonchev–Trinajstić information content (AvgIpc) is 1.69. The zero-order valence-electron chi connectivity index (χ0n) is 4.31. The fourth-order valence-corrected chi connectivity index (χ4v) is 0.479. The van der Waals surface area contributed by atoms with E-state index in [-0.39, 0.29) is 9.03 Å². The van der Waals surface area contributed by atoms with E-state index in [1.807, 2.05) is 0 Å². The van der Waals surface area contributed by atoms with Crippen molar-refractivity contribution < 1.29 is 9.05 Å². The first-order chi connectivity index (χ1) is 3.41. The highest BCUT2D eigenvalue weighted by atomic mass is 31.1. The Hall–Kier alpha value is 0.310. The summed E-state index contributed by atoms with van der Waals surface area (Å²) in [7, 11) is 1.73. The number of hydrogen-bond acceptors (Lipinski definition) is 3. The predicted octanol–water partition coefficient (Wildman–Crippen LogP) is 0.117. The molecule has 0 rings (SSSR count). The Labute approximate surface area is 45.1 Å². The first-order valence-electron chi connectivity index (χ1n) is 2.01. The normalized spacial score (nSPS) is 11.1. The SMILES string of the molecule is COPOCCN.